The lowest BCUT2D eigenvalue weighted by atomic mass is 9.80. The molecule has 164 valence electrons. The molecule has 3 atom stereocenters. The van der Waals surface area contributed by atoms with Crippen LogP contribution in [0.1, 0.15) is 37.6 Å². The standard InChI is InChI=1S/C21H20F3N3O2S2/c1-11-3-4-14(5-13(11)8-28)29-15-6-16(19-25-12(2)9-30-19)26-17(7-15)20-27-18(10-31-20)21(22,23)24/h6-11,13-14H,3-5H2,1-2H3/t11-,13?,14+/m1/s1. The van der Waals surface area contributed by atoms with Gasteiger partial charge < -0.3 is 9.53 Å². The molecule has 0 bridgehead atoms. The topological polar surface area (TPSA) is 65.0 Å². The molecular weight excluding hydrogens is 447 g/mol. The average molecular weight is 468 g/mol. The molecule has 0 spiro atoms. The van der Waals surface area contributed by atoms with Crippen LogP contribution in [0, 0.1) is 18.8 Å². The molecule has 0 amide bonds. The number of hydrogen-bond donors (Lipinski definition) is 0. The Bertz CT molecular complexity index is 1080. The molecule has 1 fully saturated rings. The van der Waals surface area contributed by atoms with Crippen LogP contribution in [0.25, 0.3) is 21.4 Å². The van der Waals surface area contributed by atoms with Crippen LogP contribution >= 0.6 is 22.7 Å². The van der Waals surface area contributed by atoms with Crippen molar-refractivity contribution in [3.8, 4) is 27.2 Å². The number of aldehydes is 1. The summed E-state index contributed by atoms with van der Waals surface area (Å²) in [5.41, 5.74) is 0.711. The Labute approximate surface area is 185 Å². The smallest absolute Gasteiger partial charge is 0.434 e. The van der Waals surface area contributed by atoms with Crippen LogP contribution in [-0.2, 0) is 11.0 Å². The molecule has 4 rings (SSSR count). The molecule has 3 aromatic heterocycles. The summed E-state index contributed by atoms with van der Waals surface area (Å²) in [6.45, 7) is 3.92. The summed E-state index contributed by atoms with van der Waals surface area (Å²) in [5.74, 6) is 0.741. The molecule has 5 nitrogen and oxygen atoms in total. The quantitative estimate of drug-likeness (QED) is 0.428. The maximum atomic E-state index is 13.0. The van der Waals surface area contributed by atoms with Crippen molar-refractivity contribution in [2.24, 2.45) is 11.8 Å². The van der Waals surface area contributed by atoms with Crippen LogP contribution in [0.5, 0.6) is 5.75 Å². The van der Waals surface area contributed by atoms with Gasteiger partial charge in [-0.05, 0) is 32.1 Å². The third kappa shape index (κ3) is 4.95. The molecule has 3 heterocycles. The largest absolute Gasteiger partial charge is 0.490 e. The molecule has 0 N–H and O–H groups in total. The van der Waals surface area contributed by atoms with E-state index in [2.05, 4.69) is 21.9 Å². The first-order valence-corrected chi connectivity index (χ1v) is 11.6. The normalized spacial score (nSPS) is 21.8. The molecule has 31 heavy (non-hydrogen) atoms. The fraction of sp³-hybridized carbons (Fsp3) is 0.429. The Morgan fingerprint density at radius 1 is 1.06 bits per heavy atom. The number of ether oxygens (including phenoxy) is 1. The van der Waals surface area contributed by atoms with E-state index in [4.69, 9.17) is 4.74 Å². The molecule has 0 aliphatic heterocycles. The van der Waals surface area contributed by atoms with Gasteiger partial charge in [0.2, 0.25) is 0 Å². The van der Waals surface area contributed by atoms with Crippen LogP contribution in [-0.4, -0.2) is 27.3 Å². The van der Waals surface area contributed by atoms with E-state index in [0.29, 0.717) is 34.5 Å². The van der Waals surface area contributed by atoms with E-state index in [1.807, 2.05) is 12.3 Å². The summed E-state index contributed by atoms with van der Waals surface area (Å²) in [6, 6.07) is 3.35. The van der Waals surface area contributed by atoms with Gasteiger partial charge in [0.1, 0.15) is 33.4 Å². The number of hydrogen-bond acceptors (Lipinski definition) is 7. The van der Waals surface area contributed by atoms with E-state index in [9.17, 15) is 18.0 Å². The summed E-state index contributed by atoms with van der Waals surface area (Å²) in [5, 5.41) is 3.68. The molecule has 0 radical (unpaired) electrons. The number of carbonyl (C=O) groups is 1. The minimum atomic E-state index is -4.51. The van der Waals surface area contributed by atoms with E-state index in [-0.39, 0.29) is 17.0 Å². The third-order valence-corrected chi connectivity index (χ3v) is 7.19. The summed E-state index contributed by atoms with van der Waals surface area (Å²) < 4.78 is 45.2. The van der Waals surface area contributed by atoms with Crippen LogP contribution in [0.3, 0.4) is 0 Å². The number of halogens is 3. The molecule has 1 unspecified atom stereocenters. The van der Waals surface area contributed by atoms with Crippen LogP contribution in [0.2, 0.25) is 0 Å². The lowest BCUT2D eigenvalue weighted by Crippen LogP contribution is -2.31. The van der Waals surface area contributed by atoms with Gasteiger partial charge >= 0.3 is 6.18 Å². The van der Waals surface area contributed by atoms with E-state index < -0.39 is 11.9 Å². The summed E-state index contributed by atoms with van der Waals surface area (Å²) in [7, 11) is 0. The number of aromatic nitrogens is 3. The predicted molar refractivity (Wildman–Crippen MR) is 113 cm³/mol. The highest BCUT2D eigenvalue weighted by atomic mass is 32.1. The van der Waals surface area contributed by atoms with E-state index >= 15 is 0 Å². The van der Waals surface area contributed by atoms with Gasteiger partial charge in [-0.3, -0.25) is 0 Å². The number of alkyl halides is 3. The Morgan fingerprint density at radius 2 is 1.74 bits per heavy atom. The first-order valence-electron chi connectivity index (χ1n) is 9.82. The van der Waals surface area contributed by atoms with E-state index in [0.717, 1.165) is 41.5 Å². The van der Waals surface area contributed by atoms with Gasteiger partial charge in [-0.15, -0.1) is 22.7 Å². The zero-order valence-electron chi connectivity index (χ0n) is 16.8. The van der Waals surface area contributed by atoms with E-state index in [1.54, 1.807) is 12.1 Å². The number of thiazole rings is 2. The first kappa shape index (κ1) is 21.9. The number of aryl methyl sites for hydroxylation is 1. The zero-order valence-corrected chi connectivity index (χ0v) is 18.5. The molecule has 0 aromatic carbocycles. The van der Waals surface area contributed by atoms with Crippen molar-refractivity contribution >= 4 is 29.0 Å². The van der Waals surface area contributed by atoms with Gasteiger partial charge in [0.05, 0.1) is 6.10 Å². The maximum absolute atomic E-state index is 13.0. The third-order valence-electron chi connectivity index (χ3n) is 5.34. The Balaban J connectivity index is 1.68. The Hall–Kier alpha value is -2.33. The van der Waals surface area contributed by atoms with Crippen molar-refractivity contribution in [2.45, 2.75) is 45.4 Å². The molecule has 1 aliphatic rings. The van der Waals surface area contributed by atoms with Crippen LogP contribution < -0.4 is 4.74 Å². The molecule has 0 saturated heterocycles. The highest BCUT2D eigenvalue weighted by Crippen LogP contribution is 2.37. The van der Waals surface area contributed by atoms with Gasteiger partial charge in [-0.25, -0.2) is 15.0 Å². The molecule has 3 aromatic rings. The van der Waals surface area contributed by atoms with Crippen molar-refractivity contribution < 1.29 is 22.7 Å². The first-order chi connectivity index (χ1) is 14.7. The zero-order chi connectivity index (χ0) is 22.2. The Kier molecular flexibility index (Phi) is 6.11. The van der Waals surface area contributed by atoms with Gasteiger partial charge in [0, 0.05) is 34.5 Å². The molecular formula is C21H20F3N3O2S2. The number of pyridine rings is 1. The second-order valence-corrected chi connectivity index (χ2v) is 9.45. The summed E-state index contributed by atoms with van der Waals surface area (Å²) in [4.78, 5) is 24.0. The van der Waals surface area contributed by atoms with Crippen LogP contribution in [0.4, 0.5) is 13.2 Å². The maximum Gasteiger partial charge on any atom is 0.434 e. The molecule has 10 heteroatoms. The SMILES string of the molecule is Cc1csc(-c2cc(O[C@H]3CC[C@@H](C)C(C=O)C3)cc(-c3nc(C(F)(F)F)cs3)n2)n1. The van der Waals surface area contributed by atoms with Crippen molar-refractivity contribution in [3.63, 3.8) is 0 Å². The van der Waals surface area contributed by atoms with Gasteiger partial charge in [-0.1, -0.05) is 6.92 Å². The highest BCUT2D eigenvalue weighted by Gasteiger charge is 2.34. The monoisotopic (exact) mass is 467 g/mol. The fourth-order valence-electron chi connectivity index (χ4n) is 3.59. The lowest BCUT2D eigenvalue weighted by Gasteiger charge is -2.31. The number of rotatable bonds is 5. The van der Waals surface area contributed by atoms with Crippen molar-refractivity contribution in [2.75, 3.05) is 0 Å². The summed E-state index contributed by atoms with van der Waals surface area (Å²) >= 11 is 2.29. The minimum absolute atomic E-state index is 0.0607. The van der Waals surface area contributed by atoms with E-state index in [1.165, 1.54) is 11.3 Å². The van der Waals surface area contributed by atoms with Crippen molar-refractivity contribution in [1.82, 2.24) is 15.0 Å². The van der Waals surface area contributed by atoms with Crippen molar-refractivity contribution in [3.05, 3.63) is 34.3 Å². The number of nitrogens with zero attached hydrogens (tertiary/aromatic N) is 3. The molecule has 1 aliphatic carbocycles. The van der Waals surface area contributed by atoms with Crippen molar-refractivity contribution in [1.29, 1.82) is 0 Å². The predicted octanol–water partition coefficient (Wildman–Crippen LogP) is 6.04. The number of carbonyl (C=O) groups excluding carboxylic acids is 1. The fourth-order valence-corrected chi connectivity index (χ4v) is 5.13. The molecule has 1 saturated carbocycles. The van der Waals surface area contributed by atoms with Gasteiger partial charge in [-0.2, -0.15) is 13.2 Å². The second-order valence-electron chi connectivity index (χ2n) is 7.73. The highest BCUT2D eigenvalue weighted by molar-refractivity contribution is 7.13. The average Bonchev–Trinajstić information content (AvgIpc) is 3.38. The van der Waals surface area contributed by atoms with Gasteiger partial charge in [0.15, 0.2) is 5.69 Å². The summed E-state index contributed by atoms with van der Waals surface area (Å²) in [6.07, 6.45) is -1.37. The van der Waals surface area contributed by atoms with Crippen LogP contribution in [0.15, 0.2) is 22.9 Å². The second kappa shape index (κ2) is 8.66. The minimum Gasteiger partial charge on any atom is -0.490 e. The van der Waals surface area contributed by atoms with Gasteiger partial charge in [0.25, 0.3) is 0 Å². The lowest BCUT2D eigenvalue weighted by molar-refractivity contribution is -0.140. The Morgan fingerprint density at radius 3 is 2.32 bits per heavy atom.